The summed E-state index contributed by atoms with van der Waals surface area (Å²) < 4.78 is 13.9. The molecule has 1 unspecified atom stereocenters. The van der Waals surface area contributed by atoms with E-state index in [1.807, 2.05) is 0 Å². The molecule has 4 aromatic rings. The Balaban J connectivity index is 1.74. The highest BCUT2D eigenvalue weighted by Gasteiger charge is 2.24. The molecule has 0 aliphatic heterocycles. The number of carboxylic acids is 1. The van der Waals surface area contributed by atoms with Crippen molar-refractivity contribution in [1.82, 2.24) is 19.3 Å². The van der Waals surface area contributed by atoms with Gasteiger partial charge in [0.15, 0.2) is 5.78 Å². The largest absolute Gasteiger partial charge is 0.495 e. The number of hydrogen-bond acceptors (Lipinski definition) is 7. The van der Waals surface area contributed by atoms with Gasteiger partial charge >= 0.3 is 5.97 Å². The van der Waals surface area contributed by atoms with Gasteiger partial charge in [-0.2, -0.15) is 0 Å². The predicted molar refractivity (Wildman–Crippen MR) is 140 cm³/mol. The van der Waals surface area contributed by atoms with Gasteiger partial charge in [0.1, 0.15) is 18.4 Å². The molecule has 10 nitrogen and oxygen atoms in total. The molecular formula is C27H25ClN4O6. The Bertz CT molecular complexity index is 1500. The number of rotatable bonds is 11. The first kappa shape index (κ1) is 26.8. The van der Waals surface area contributed by atoms with E-state index in [0.29, 0.717) is 33.1 Å². The number of carbonyl (C=O) groups excluding carboxylic acids is 1. The van der Waals surface area contributed by atoms with E-state index in [1.165, 1.54) is 55.8 Å². The number of ketones is 1. The van der Waals surface area contributed by atoms with Crippen LogP contribution >= 0.6 is 11.6 Å². The number of methoxy groups -OCH3 is 2. The van der Waals surface area contributed by atoms with Crippen LogP contribution in [0, 0.1) is 0 Å². The minimum absolute atomic E-state index is 0.0108. The van der Waals surface area contributed by atoms with Gasteiger partial charge in [-0.3, -0.25) is 14.2 Å². The summed E-state index contributed by atoms with van der Waals surface area (Å²) >= 11 is 6.29. The molecule has 11 heteroatoms. The van der Waals surface area contributed by atoms with Gasteiger partial charge in [0.05, 0.1) is 30.6 Å². The lowest BCUT2D eigenvalue weighted by Crippen LogP contribution is -2.31. The maximum atomic E-state index is 13.4. The second kappa shape index (κ2) is 11.8. The molecule has 2 heterocycles. The molecule has 2 aromatic carbocycles. The number of carbonyl (C=O) groups is 2. The lowest BCUT2D eigenvalue weighted by atomic mass is 9.99. The van der Waals surface area contributed by atoms with Crippen LogP contribution in [0.25, 0.3) is 16.8 Å². The molecule has 2 aromatic heterocycles. The average molecular weight is 537 g/mol. The Labute approximate surface area is 223 Å². The third kappa shape index (κ3) is 5.82. The highest BCUT2D eigenvalue weighted by molar-refractivity contribution is 6.31. The standard InChI is InChI=1S/C27H25ClN4O6/c1-37-10-9-23(24(33)11-17-3-5-18(6-4-17)27(35)36)32-14-25(38-2)21(13-26(32)34)20-12-19(28)7-8-22(20)31-15-29-30-16-31/h3-8,12-16,23H,9-11H2,1-2H3,(H,35,36). The highest BCUT2D eigenvalue weighted by atomic mass is 35.5. The maximum Gasteiger partial charge on any atom is 0.335 e. The summed E-state index contributed by atoms with van der Waals surface area (Å²) in [6.45, 7) is 0.247. The summed E-state index contributed by atoms with van der Waals surface area (Å²) in [5.74, 6) is -0.913. The van der Waals surface area contributed by atoms with Crippen LogP contribution in [0.2, 0.25) is 5.02 Å². The van der Waals surface area contributed by atoms with E-state index in [9.17, 15) is 14.4 Å². The summed E-state index contributed by atoms with van der Waals surface area (Å²) in [6, 6.07) is 11.9. The molecule has 0 amide bonds. The quantitative estimate of drug-likeness (QED) is 0.306. The zero-order valence-electron chi connectivity index (χ0n) is 20.7. The molecule has 0 fully saturated rings. The van der Waals surface area contributed by atoms with Gasteiger partial charge < -0.3 is 19.1 Å². The van der Waals surface area contributed by atoms with Crippen molar-refractivity contribution in [2.45, 2.75) is 18.9 Å². The van der Waals surface area contributed by atoms with Crippen molar-refractivity contribution < 1.29 is 24.2 Å². The number of nitrogens with zero attached hydrogens (tertiary/aromatic N) is 4. The molecule has 4 rings (SSSR count). The Morgan fingerprint density at radius 1 is 1.03 bits per heavy atom. The van der Waals surface area contributed by atoms with Crippen LogP contribution in [-0.4, -0.2) is 57.0 Å². The van der Waals surface area contributed by atoms with E-state index in [4.69, 9.17) is 26.2 Å². The van der Waals surface area contributed by atoms with Crippen LogP contribution in [0.1, 0.15) is 28.4 Å². The van der Waals surface area contributed by atoms with E-state index < -0.39 is 17.6 Å². The van der Waals surface area contributed by atoms with Crippen LogP contribution in [0.3, 0.4) is 0 Å². The SMILES string of the molecule is COCCC(C(=O)Cc1ccc(C(=O)O)cc1)n1cc(OC)c(-c2cc(Cl)ccc2-n2cnnc2)cc1=O. The fourth-order valence-corrected chi connectivity index (χ4v) is 4.36. The van der Waals surface area contributed by atoms with Crippen molar-refractivity contribution in [1.29, 1.82) is 0 Å². The van der Waals surface area contributed by atoms with Gasteiger partial charge in [-0.05, 0) is 42.3 Å². The Morgan fingerprint density at radius 2 is 1.74 bits per heavy atom. The van der Waals surface area contributed by atoms with Crippen molar-refractivity contribution >= 4 is 23.4 Å². The zero-order chi connectivity index (χ0) is 27.2. The smallest absolute Gasteiger partial charge is 0.335 e. The normalized spacial score (nSPS) is 11.8. The third-order valence-electron chi connectivity index (χ3n) is 6.09. The topological polar surface area (TPSA) is 126 Å². The van der Waals surface area contributed by atoms with Crippen LogP contribution < -0.4 is 10.3 Å². The number of benzene rings is 2. The number of hydrogen-bond donors (Lipinski definition) is 1. The van der Waals surface area contributed by atoms with Gasteiger partial charge in [0.25, 0.3) is 5.56 Å². The molecule has 196 valence electrons. The number of aromatic nitrogens is 4. The van der Waals surface area contributed by atoms with Crippen molar-refractivity contribution in [3.05, 3.63) is 93.9 Å². The second-order valence-corrected chi connectivity index (χ2v) is 8.91. The van der Waals surface area contributed by atoms with E-state index >= 15 is 0 Å². The monoisotopic (exact) mass is 536 g/mol. The maximum absolute atomic E-state index is 13.4. The molecule has 1 atom stereocenters. The summed E-state index contributed by atoms with van der Waals surface area (Å²) in [6.07, 6.45) is 4.84. The second-order valence-electron chi connectivity index (χ2n) is 8.47. The number of aromatic carboxylic acids is 1. The third-order valence-corrected chi connectivity index (χ3v) is 6.33. The minimum Gasteiger partial charge on any atom is -0.495 e. The molecular weight excluding hydrogens is 512 g/mol. The zero-order valence-corrected chi connectivity index (χ0v) is 21.5. The Kier molecular flexibility index (Phi) is 8.35. The molecule has 0 spiro atoms. The van der Waals surface area contributed by atoms with E-state index in [-0.39, 0.29) is 30.8 Å². The number of pyridine rings is 1. The lowest BCUT2D eigenvalue weighted by Gasteiger charge is -2.21. The van der Waals surface area contributed by atoms with Crippen molar-refractivity contribution in [2.75, 3.05) is 20.8 Å². The summed E-state index contributed by atoms with van der Waals surface area (Å²) in [5.41, 5.74) is 2.15. The molecule has 0 aliphatic rings. The molecule has 38 heavy (non-hydrogen) atoms. The van der Waals surface area contributed by atoms with Crippen molar-refractivity contribution in [2.24, 2.45) is 0 Å². The summed E-state index contributed by atoms with van der Waals surface area (Å²) in [4.78, 5) is 38.0. The van der Waals surface area contributed by atoms with Gasteiger partial charge in [-0.15, -0.1) is 10.2 Å². The van der Waals surface area contributed by atoms with Gasteiger partial charge in [0.2, 0.25) is 0 Å². The minimum atomic E-state index is -1.05. The molecule has 0 bridgehead atoms. The average Bonchev–Trinajstić information content (AvgIpc) is 3.44. The van der Waals surface area contributed by atoms with Crippen LogP contribution in [0.15, 0.2) is 72.2 Å². The van der Waals surface area contributed by atoms with Gasteiger partial charge in [0, 0.05) is 42.4 Å². The van der Waals surface area contributed by atoms with Crippen molar-refractivity contribution in [3.63, 3.8) is 0 Å². The van der Waals surface area contributed by atoms with E-state index in [1.54, 1.807) is 34.9 Å². The van der Waals surface area contributed by atoms with E-state index in [0.717, 1.165) is 0 Å². The number of halogens is 1. The first-order valence-electron chi connectivity index (χ1n) is 11.6. The first-order valence-corrected chi connectivity index (χ1v) is 12.0. The number of ether oxygens (including phenoxy) is 2. The van der Waals surface area contributed by atoms with Gasteiger partial charge in [-0.1, -0.05) is 23.7 Å². The summed E-state index contributed by atoms with van der Waals surface area (Å²) in [5, 5.41) is 17.3. The molecule has 0 aliphatic carbocycles. The fraction of sp³-hybridized carbons (Fsp3) is 0.222. The fourth-order valence-electron chi connectivity index (χ4n) is 4.19. The Morgan fingerprint density at radius 3 is 2.37 bits per heavy atom. The summed E-state index contributed by atoms with van der Waals surface area (Å²) in [7, 11) is 3.00. The van der Waals surface area contributed by atoms with Gasteiger partial charge in [-0.25, -0.2) is 4.79 Å². The molecule has 1 N–H and O–H groups in total. The number of Topliss-reactive ketones (excluding diaryl/α,β-unsaturated/α-hetero) is 1. The lowest BCUT2D eigenvalue weighted by molar-refractivity contribution is -0.122. The molecule has 0 saturated carbocycles. The van der Waals surface area contributed by atoms with Crippen molar-refractivity contribution in [3.8, 4) is 22.6 Å². The highest BCUT2D eigenvalue weighted by Crippen LogP contribution is 2.35. The Hall–Kier alpha value is -4.28. The molecule has 0 saturated heterocycles. The van der Waals surface area contributed by atoms with Crippen LogP contribution in [-0.2, 0) is 16.0 Å². The van der Waals surface area contributed by atoms with Crippen LogP contribution in [0.5, 0.6) is 5.75 Å². The van der Waals surface area contributed by atoms with E-state index in [2.05, 4.69) is 10.2 Å². The number of carboxylic acid groups (broad SMARTS) is 1. The first-order chi connectivity index (χ1) is 18.3. The predicted octanol–water partition coefficient (Wildman–Crippen LogP) is 3.85. The van der Waals surface area contributed by atoms with Crippen LogP contribution in [0.4, 0.5) is 0 Å². The molecule has 0 radical (unpaired) electrons.